The molecule has 1 aliphatic heterocycles. The summed E-state index contributed by atoms with van der Waals surface area (Å²) in [5.41, 5.74) is 6.60. The Kier molecular flexibility index (Phi) is 4.49. The van der Waals surface area contributed by atoms with Gasteiger partial charge in [0.1, 0.15) is 11.5 Å². The molecular formula is C22H19N3O2. The van der Waals surface area contributed by atoms with Crippen molar-refractivity contribution in [2.45, 2.75) is 0 Å². The summed E-state index contributed by atoms with van der Waals surface area (Å²) in [6.07, 6.45) is 1.93. The fourth-order valence-corrected chi connectivity index (χ4v) is 2.87. The molecule has 134 valence electrons. The molecule has 0 unspecified atom stereocenters. The molecule has 5 nitrogen and oxygen atoms in total. The molecule has 3 aromatic carbocycles. The van der Waals surface area contributed by atoms with Crippen LogP contribution in [-0.2, 0) is 0 Å². The van der Waals surface area contributed by atoms with Crippen LogP contribution in [0.1, 0.15) is 11.1 Å². The summed E-state index contributed by atoms with van der Waals surface area (Å²) >= 11 is 0. The van der Waals surface area contributed by atoms with Gasteiger partial charge in [-0.25, -0.2) is 4.99 Å². The molecule has 0 aromatic heterocycles. The lowest BCUT2D eigenvalue weighted by atomic mass is 10.1. The van der Waals surface area contributed by atoms with Gasteiger partial charge in [0.25, 0.3) is 0 Å². The molecule has 0 fully saturated rings. The minimum atomic E-state index is 0.174. The molecule has 0 radical (unpaired) electrons. The number of ether oxygens (including phenoxy) is 1. The predicted molar refractivity (Wildman–Crippen MR) is 108 cm³/mol. The summed E-state index contributed by atoms with van der Waals surface area (Å²) in [4.78, 5) is 4.74. The first-order valence-electron chi connectivity index (χ1n) is 8.59. The molecule has 0 amide bonds. The Labute approximate surface area is 157 Å². The van der Waals surface area contributed by atoms with Crippen molar-refractivity contribution in [3.8, 4) is 11.5 Å². The molecule has 0 saturated heterocycles. The van der Waals surface area contributed by atoms with Crippen molar-refractivity contribution in [3.63, 3.8) is 0 Å². The predicted octanol–water partition coefficient (Wildman–Crippen LogP) is 4.17. The fourth-order valence-electron chi connectivity index (χ4n) is 2.87. The van der Waals surface area contributed by atoms with E-state index in [-0.39, 0.29) is 5.75 Å². The largest absolute Gasteiger partial charge is 0.507 e. The van der Waals surface area contributed by atoms with Crippen LogP contribution in [0.4, 0.5) is 5.69 Å². The molecule has 27 heavy (non-hydrogen) atoms. The number of anilines is 1. The summed E-state index contributed by atoms with van der Waals surface area (Å²) < 4.78 is 5.24. The zero-order valence-electron chi connectivity index (χ0n) is 14.8. The number of para-hydroxylation sites is 2. The number of methoxy groups -OCH3 is 1. The van der Waals surface area contributed by atoms with E-state index in [1.807, 2.05) is 77.9 Å². The standard InChI is InChI=1S/C22H19N3O2/c1-27-18-13-11-16(12-14-18)20-15-25(17-7-3-2-4-8-17)24-22(23-20)19-9-5-6-10-21(19)26/h2-15,26H,1H3,(H,23,24). The zero-order valence-corrected chi connectivity index (χ0v) is 14.8. The number of hydrogen-bond donors (Lipinski definition) is 2. The number of aromatic hydroxyl groups is 1. The van der Waals surface area contributed by atoms with Crippen molar-refractivity contribution in [2.75, 3.05) is 12.1 Å². The fraction of sp³-hybridized carbons (Fsp3) is 0.0455. The van der Waals surface area contributed by atoms with Gasteiger partial charge in [-0.05, 0) is 48.5 Å². The monoisotopic (exact) mass is 357 g/mol. The Morgan fingerprint density at radius 3 is 2.30 bits per heavy atom. The van der Waals surface area contributed by atoms with Gasteiger partial charge >= 0.3 is 0 Å². The molecule has 1 heterocycles. The van der Waals surface area contributed by atoms with Crippen LogP contribution in [0.15, 0.2) is 90.1 Å². The van der Waals surface area contributed by atoms with E-state index < -0.39 is 0 Å². The van der Waals surface area contributed by atoms with E-state index in [1.165, 1.54) is 0 Å². The highest BCUT2D eigenvalue weighted by Crippen LogP contribution is 2.27. The molecule has 1 aliphatic rings. The SMILES string of the molecule is COc1ccc(C2=CN(c3ccccc3)NC(c3ccccc3O)=N2)cc1. The highest BCUT2D eigenvalue weighted by molar-refractivity contribution is 6.06. The molecular weight excluding hydrogens is 338 g/mol. The lowest BCUT2D eigenvalue weighted by Crippen LogP contribution is -2.41. The van der Waals surface area contributed by atoms with Crippen LogP contribution in [0.5, 0.6) is 11.5 Å². The molecule has 0 saturated carbocycles. The van der Waals surface area contributed by atoms with E-state index in [4.69, 9.17) is 9.73 Å². The van der Waals surface area contributed by atoms with Crippen molar-refractivity contribution in [1.82, 2.24) is 5.43 Å². The van der Waals surface area contributed by atoms with Gasteiger partial charge in [0.05, 0.1) is 30.3 Å². The highest BCUT2D eigenvalue weighted by atomic mass is 16.5. The molecule has 0 spiro atoms. The lowest BCUT2D eigenvalue weighted by molar-refractivity contribution is 0.415. The zero-order chi connectivity index (χ0) is 18.6. The Balaban J connectivity index is 1.79. The Morgan fingerprint density at radius 1 is 0.889 bits per heavy atom. The molecule has 4 rings (SSSR count). The van der Waals surface area contributed by atoms with Gasteiger partial charge in [0.2, 0.25) is 0 Å². The number of aliphatic imine (C=N–C) groups is 1. The quantitative estimate of drug-likeness (QED) is 0.736. The normalized spacial score (nSPS) is 13.4. The van der Waals surface area contributed by atoms with E-state index >= 15 is 0 Å². The Morgan fingerprint density at radius 2 is 1.59 bits per heavy atom. The van der Waals surface area contributed by atoms with E-state index in [1.54, 1.807) is 19.2 Å². The van der Waals surface area contributed by atoms with Crippen molar-refractivity contribution in [1.29, 1.82) is 0 Å². The topological polar surface area (TPSA) is 57.1 Å². The van der Waals surface area contributed by atoms with E-state index in [9.17, 15) is 5.11 Å². The number of nitrogens with zero attached hydrogens (tertiary/aromatic N) is 2. The third-order valence-electron chi connectivity index (χ3n) is 4.29. The van der Waals surface area contributed by atoms with Gasteiger partial charge in [-0.2, -0.15) is 0 Å². The number of rotatable bonds is 4. The number of phenols is 1. The van der Waals surface area contributed by atoms with Crippen molar-refractivity contribution in [3.05, 3.63) is 96.2 Å². The van der Waals surface area contributed by atoms with Crippen LogP contribution in [0.2, 0.25) is 0 Å². The second-order valence-corrected chi connectivity index (χ2v) is 6.04. The first-order chi connectivity index (χ1) is 13.2. The van der Waals surface area contributed by atoms with Crippen LogP contribution < -0.4 is 15.2 Å². The van der Waals surface area contributed by atoms with Gasteiger partial charge in [0.15, 0.2) is 5.84 Å². The van der Waals surface area contributed by atoms with Gasteiger partial charge in [-0.1, -0.05) is 30.3 Å². The van der Waals surface area contributed by atoms with Crippen LogP contribution >= 0.6 is 0 Å². The van der Waals surface area contributed by atoms with Crippen LogP contribution in [0.25, 0.3) is 5.70 Å². The maximum Gasteiger partial charge on any atom is 0.156 e. The van der Waals surface area contributed by atoms with Crippen molar-refractivity contribution < 1.29 is 9.84 Å². The number of hydrogen-bond acceptors (Lipinski definition) is 5. The summed E-state index contributed by atoms with van der Waals surface area (Å²) in [6.45, 7) is 0. The van der Waals surface area contributed by atoms with E-state index in [0.717, 1.165) is 22.7 Å². The van der Waals surface area contributed by atoms with Crippen LogP contribution in [0.3, 0.4) is 0 Å². The minimum Gasteiger partial charge on any atom is -0.507 e. The Hall–Kier alpha value is -3.73. The van der Waals surface area contributed by atoms with Gasteiger partial charge in [0, 0.05) is 5.56 Å². The summed E-state index contributed by atoms with van der Waals surface area (Å²) in [5, 5.41) is 12.2. The maximum atomic E-state index is 10.3. The maximum absolute atomic E-state index is 10.3. The second-order valence-electron chi connectivity index (χ2n) is 6.04. The summed E-state index contributed by atoms with van der Waals surface area (Å²) in [7, 11) is 1.64. The molecule has 0 bridgehead atoms. The minimum absolute atomic E-state index is 0.174. The van der Waals surface area contributed by atoms with Gasteiger partial charge in [-0.3, -0.25) is 10.4 Å². The number of amidine groups is 1. The van der Waals surface area contributed by atoms with Gasteiger partial charge in [-0.15, -0.1) is 0 Å². The first-order valence-corrected chi connectivity index (χ1v) is 8.59. The smallest absolute Gasteiger partial charge is 0.156 e. The van der Waals surface area contributed by atoms with Crippen LogP contribution in [-0.4, -0.2) is 18.1 Å². The molecule has 0 atom stereocenters. The molecule has 3 aromatic rings. The summed E-state index contributed by atoms with van der Waals surface area (Å²) in [6, 6.07) is 24.8. The molecule has 2 N–H and O–H groups in total. The number of nitrogens with one attached hydrogen (secondary N) is 1. The van der Waals surface area contributed by atoms with Crippen molar-refractivity contribution >= 4 is 17.2 Å². The average Bonchev–Trinajstić information content (AvgIpc) is 2.74. The second kappa shape index (κ2) is 7.25. The lowest BCUT2D eigenvalue weighted by Gasteiger charge is -2.28. The van der Waals surface area contributed by atoms with E-state index in [2.05, 4.69) is 5.43 Å². The van der Waals surface area contributed by atoms with Crippen molar-refractivity contribution in [2.24, 2.45) is 4.99 Å². The van der Waals surface area contributed by atoms with E-state index in [0.29, 0.717) is 11.4 Å². The number of benzene rings is 3. The molecule has 0 aliphatic carbocycles. The van der Waals surface area contributed by atoms with Crippen LogP contribution in [0, 0.1) is 0 Å². The molecule has 5 heteroatoms. The van der Waals surface area contributed by atoms with Gasteiger partial charge < -0.3 is 9.84 Å². The third-order valence-corrected chi connectivity index (χ3v) is 4.29. The number of hydrazine groups is 1. The third kappa shape index (κ3) is 3.48. The summed E-state index contributed by atoms with van der Waals surface area (Å²) in [5.74, 6) is 1.54. The highest BCUT2D eigenvalue weighted by Gasteiger charge is 2.19. The Bertz CT molecular complexity index is 996. The average molecular weight is 357 g/mol. The number of phenolic OH excluding ortho intramolecular Hbond substituents is 1. The first kappa shape index (κ1) is 16.7.